The van der Waals surface area contributed by atoms with Crippen LogP contribution in [0.25, 0.3) is 11.0 Å². The zero-order valence-corrected chi connectivity index (χ0v) is 12.2. The summed E-state index contributed by atoms with van der Waals surface area (Å²) in [6, 6.07) is 6.31. The molecule has 2 rings (SSSR count). The van der Waals surface area contributed by atoms with Crippen LogP contribution in [0, 0.1) is 11.8 Å². The smallest absolute Gasteiger partial charge is 0.0955 e. The van der Waals surface area contributed by atoms with Gasteiger partial charge in [0.2, 0.25) is 0 Å². The summed E-state index contributed by atoms with van der Waals surface area (Å²) in [6.45, 7) is 5.38. The number of aliphatic hydroxyl groups is 1. The minimum atomic E-state index is 0.230. The number of fused-ring (bicyclic) bond motifs is 1. The lowest BCUT2D eigenvalue weighted by Crippen LogP contribution is -2.30. The van der Waals surface area contributed by atoms with Crippen molar-refractivity contribution in [3.05, 3.63) is 24.5 Å². The molecule has 0 bridgehead atoms. The molecule has 0 radical (unpaired) electrons. The highest BCUT2D eigenvalue weighted by Gasteiger charge is 2.15. The van der Waals surface area contributed by atoms with Gasteiger partial charge in [-0.1, -0.05) is 13.8 Å². The van der Waals surface area contributed by atoms with Gasteiger partial charge in [-0.3, -0.25) is 0 Å². The zero-order chi connectivity index (χ0) is 14.0. The highest BCUT2D eigenvalue weighted by molar-refractivity contribution is 5.79. The average Bonchev–Trinajstić information content (AvgIpc) is 2.76. The van der Waals surface area contributed by atoms with E-state index in [1.165, 1.54) is 0 Å². The molecule has 0 aliphatic carbocycles. The number of benzene rings is 1. The quantitative estimate of drug-likeness (QED) is 0.897. The molecule has 0 amide bonds. The Labute approximate surface area is 114 Å². The minimum Gasteiger partial charge on any atom is -0.396 e. The third-order valence-electron chi connectivity index (χ3n) is 3.84. The molecule has 19 heavy (non-hydrogen) atoms. The molecular weight excluding hydrogens is 238 g/mol. The SMILES string of the molecule is CC(C)C(CO)CN(C)c1ccc2c(c1)ncn2C. The first kappa shape index (κ1) is 13.9. The first-order valence-electron chi connectivity index (χ1n) is 6.76. The lowest BCUT2D eigenvalue weighted by atomic mass is 9.96. The van der Waals surface area contributed by atoms with Crippen molar-refractivity contribution in [2.24, 2.45) is 18.9 Å². The molecule has 0 spiro atoms. The molecule has 4 nitrogen and oxygen atoms in total. The van der Waals surface area contributed by atoms with E-state index < -0.39 is 0 Å². The molecule has 0 saturated carbocycles. The Morgan fingerprint density at radius 3 is 2.74 bits per heavy atom. The molecule has 0 fully saturated rings. The van der Waals surface area contributed by atoms with Gasteiger partial charge in [-0.25, -0.2) is 4.98 Å². The summed E-state index contributed by atoms with van der Waals surface area (Å²) in [7, 11) is 4.06. The molecule has 1 atom stereocenters. The summed E-state index contributed by atoms with van der Waals surface area (Å²) in [5.74, 6) is 0.774. The number of hydrogen-bond donors (Lipinski definition) is 1. The largest absolute Gasteiger partial charge is 0.396 e. The number of hydrogen-bond acceptors (Lipinski definition) is 3. The van der Waals surface area contributed by atoms with E-state index >= 15 is 0 Å². The fourth-order valence-electron chi connectivity index (χ4n) is 2.30. The lowest BCUT2D eigenvalue weighted by Gasteiger charge is -2.27. The van der Waals surface area contributed by atoms with Gasteiger partial charge in [-0.2, -0.15) is 0 Å². The first-order chi connectivity index (χ1) is 9.02. The Bertz CT molecular complexity index is 547. The van der Waals surface area contributed by atoms with Crippen molar-refractivity contribution in [1.29, 1.82) is 0 Å². The van der Waals surface area contributed by atoms with Crippen molar-refractivity contribution in [1.82, 2.24) is 9.55 Å². The Hall–Kier alpha value is -1.55. The van der Waals surface area contributed by atoms with Crippen LogP contribution < -0.4 is 4.90 Å². The third-order valence-corrected chi connectivity index (χ3v) is 3.84. The van der Waals surface area contributed by atoms with Crippen LogP contribution in [-0.4, -0.2) is 34.9 Å². The van der Waals surface area contributed by atoms with Crippen LogP contribution in [0.1, 0.15) is 13.8 Å². The monoisotopic (exact) mass is 261 g/mol. The van der Waals surface area contributed by atoms with Gasteiger partial charge in [0.1, 0.15) is 0 Å². The summed E-state index contributed by atoms with van der Waals surface area (Å²) in [5, 5.41) is 9.42. The number of anilines is 1. The Balaban J connectivity index is 2.19. The average molecular weight is 261 g/mol. The second-order valence-corrected chi connectivity index (χ2v) is 5.60. The van der Waals surface area contributed by atoms with Crippen molar-refractivity contribution >= 4 is 16.7 Å². The summed E-state index contributed by atoms with van der Waals surface area (Å²) in [5.41, 5.74) is 3.29. The van der Waals surface area contributed by atoms with Crippen LogP contribution >= 0.6 is 0 Å². The Kier molecular flexibility index (Phi) is 4.10. The maximum absolute atomic E-state index is 9.42. The standard InChI is InChI=1S/C15H23N3O/c1-11(2)12(9-19)8-17(3)13-5-6-15-14(7-13)16-10-18(15)4/h5-7,10-12,19H,8-9H2,1-4H3. The second-order valence-electron chi connectivity index (χ2n) is 5.60. The van der Waals surface area contributed by atoms with Crippen molar-refractivity contribution in [3.63, 3.8) is 0 Å². The maximum Gasteiger partial charge on any atom is 0.0955 e. The van der Waals surface area contributed by atoms with Crippen molar-refractivity contribution in [2.75, 3.05) is 25.1 Å². The zero-order valence-electron chi connectivity index (χ0n) is 12.2. The van der Waals surface area contributed by atoms with Crippen LogP contribution in [-0.2, 0) is 7.05 Å². The van der Waals surface area contributed by atoms with Gasteiger partial charge in [-0.05, 0) is 24.1 Å². The van der Waals surface area contributed by atoms with Crippen molar-refractivity contribution in [3.8, 4) is 0 Å². The van der Waals surface area contributed by atoms with Crippen LogP contribution in [0.3, 0.4) is 0 Å². The van der Waals surface area contributed by atoms with Gasteiger partial charge in [-0.15, -0.1) is 0 Å². The minimum absolute atomic E-state index is 0.230. The van der Waals surface area contributed by atoms with Crippen molar-refractivity contribution in [2.45, 2.75) is 13.8 Å². The van der Waals surface area contributed by atoms with E-state index in [4.69, 9.17) is 0 Å². The molecule has 104 valence electrons. The van der Waals surface area contributed by atoms with Crippen LogP contribution in [0.2, 0.25) is 0 Å². The van der Waals surface area contributed by atoms with E-state index in [1.54, 1.807) is 0 Å². The molecular formula is C15H23N3O. The number of aliphatic hydroxyl groups excluding tert-OH is 1. The van der Waals surface area contributed by atoms with Gasteiger partial charge in [0.05, 0.1) is 17.4 Å². The van der Waals surface area contributed by atoms with Crippen LogP contribution in [0.5, 0.6) is 0 Å². The number of aryl methyl sites for hydroxylation is 1. The van der Waals surface area contributed by atoms with Crippen molar-refractivity contribution < 1.29 is 5.11 Å². The Morgan fingerprint density at radius 1 is 1.37 bits per heavy atom. The molecule has 0 saturated heterocycles. The summed E-state index contributed by atoms with van der Waals surface area (Å²) in [4.78, 5) is 6.57. The number of imidazole rings is 1. The van der Waals surface area contributed by atoms with Crippen LogP contribution in [0.15, 0.2) is 24.5 Å². The highest BCUT2D eigenvalue weighted by atomic mass is 16.3. The second kappa shape index (κ2) is 5.61. The van der Waals surface area contributed by atoms with E-state index in [9.17, 15) is 5.11 Å². The van der Waals surface area contributed by atoms with E-state index in [-0.39, 0.29) is 6.61 Å². The molecule has 1 N–H and O–H groups in total. The van der Waals surface area contributed by atoms with E-state index in [2.05, 4.69) is 49.0 Å². The Morgan fingerprint density at radius 2 is 2.11 bits per heavy atom. The topological polar surface area (TPSA) is 41.3 Å². The van der Waals surface area contributed by atoms with E-state index in [1.807, 2.05) is 17.9 Å². The van der Waals surface area contributed by atoms with Gasteiger partial charge < -0.3 is 14.6 Å². The van der Waals surface area contributed by atoms with Gasteiger partial charge in [0, 0.05) is 38.9 Å². The molecule has 2 aromatic rings. The fraction of sp³-hybridized carbons (Fsp3) is 0.533. The molecule has 1 unspecified atom stereocenters. The maximum atomic E-state index is 9.42. The fourth-order valence-corrected chi connectivity index (χ4v) is 2.30. The summed E-state index contributed by atoms with van der Waals surface area (Å²) >= 11 is 0. The molecule has 4 heteroatoms. The number of rotatable bonds is 5. The number of nitrogens with zero attached hydrogens (tertiary/aromatic N) is 3. The number of aromatic nitrogens is 2. The van der Waals surface area contributed by atoms with E-state index in [0.717, 1.165) is 23.3 Å². The van der Waals surface area contributed by atoms with Gasteiger partial charge in [0.15, 0.2) is 0 Å². The predicted molar refractivity (Wildman–Crippen MR) is 79.4 cm³/mol. The molecule has 1 aromatic carbocycles. The molecule has 0 aliphatic rings. The van der Waals surface area contributed by atoms with E-state index in [0.29, 0.717) is 11.8 Å². The summed E-state index contributed by atoms with van der Waals surface area (Å²) < 4.78 is 2.02. The predicted octanol–water partition coefficient (Wildman–Crippen LogP) is 2.27. The molecule has 0 aliphatic heterocycles. The molecule has 1 aromatic heterocycles. The summed E-state index contributed by atoms with van der Waals surface area (Å²) in [6.07, 6.45) is 1.83. The normalized spacial score (nSPS) is 13.2. The first-order valence-corrected chi connectivity index (χ1v) is 6.76. The van der Waals surface area contributed by atoms with Crippen LogP contribution in [0.4, 0.5) is 5.69 Å². The molecule has 1 heterocycles. The lowest BCUT2D eigenvalue weighted by molar-refractivity contribution is 0.193. The van der Waals surface area contributed by atoms with Gasteiger partial charge in [0.25, 0.3) is 0 Å². The highest BCUT2D eigenvalue weighted by Crippen LogP contribution is 2.22. The van der Waals surface area contributed by atoms with Gasteiger partial charge >= 0.3 is 0 Å². The third kappa shape index (κ3) is 2.89.